The van der Waals surface area contributed by atoms with E-state index >= 15 is 0 Å². The Bertz CT molecular complexity index is 420. The standard InChI is InChI=1S/C17H24Br2/c1-12-11-17(19)13(2)10-15(12)16(18)9-8-14-6-4-3-5-7-14/h10-11,14,16H,3-9H2,1-2H3. The molecule has 1 saturated carbocycles. The molecule has 0 bridgehead atoms. The van der Waals surface area contributed by atoms with Gasteiger partial charge in [0.1, 0.15) is 0 Å². The summed E-state index contributed by atoms with van der Waals surface area (Å²) >= 11 is 7.52. The van der Waals surface area contributed by atoms with Crippen LogP contribution < -0.4 is 0 Å². The van der Waals surface area contributed by atoms with Gasteiger partial charge in [-0.05, 0) is 55.4 Å². The fourth-order valence-electron chi connectivity index (χ4n) is 3.15. The number of rotatable bonds is 4. The van der Waals surface area contributed by atoms with Gasteiger partial charge in [0.25, 0.3) is 0 Å². The molecule has 0 nitrogen and oxygen atoms in total. The van der Waals surface area contributed by atoms with Crippen LogP contribution in [0.4, 0.5) is 0 Å². The first-order valence-corrected chi connectivity index (χ1v) is 9.19. The smallest absolute Gasteiger partial charge is 0.0398 e. The average Bonchev–Trinajstić information content (AvgIpc) is 2.41. The molecule has 1 atom stereocenters. The number of alkyl halides is 1. The SMILES string of the molecule is Cc1cc(C(Br)CCC2CCCCC2)c(C)cc1Br. The van der Waals surface area contributed by atoms with Crippen molar-refractivity contribution in [2.45, 2.75) is 63.6 Å². The quantitative estimate of drug-likeness (QED) is 0.494. The van der Waals surface area contributed by atoms with Crippen LogP contribution >= 0.6 is 31.9 Å². The number of halogens is 2. The maximum absolute atomic E-state index is 3.91. The first-order chi connectivity index (χ1) is 9.08. The molecule has 2 heteroatoms. The molecule has 0 aromatic heterocycles. The summed E-state index contributed by atoms with van der Waals surface area (Å²) < 4.78 is 1.22. The van der Waals surface area contributed by atoms with Crippen molar-refractivity contribution < 1.29 is 0 Å². The molecular formula is C17H24Br2. The van der Waals surface area contributed by atoms with Gasteiger partial charge in [0, 0.05) is 9.30 Å². The van der Waals surface area contributed by atoms with Crippen LogP contribution in [0.1, 0.15) is 66.5 Å². The summed E-state index contributed by atoms with van der Waals surface area (Å²) in [6.45, 7) is 4.39. The highest BCUT2D eigenvalue weighted by atomic mass is 79.9. The maximum Gasteiger partial charge on any atom is 0.0398 e. The number of aryl methyl sites for hydroxylation is 2. The van der Waals surface area contributed by atoms with Crippen molar-refractivity contribution in [3.63, 3.8) is 0 Å². The zero-order valence-corrected chi connectivity index (χ0v) is 15.2. The van der Waals surface area contributed by atoms with Crippen LogP contribution in [0.5, 0.6) is 0 Å². The van der Waals surface area contributed by atoms with E-state index in [9.17, 15) is 0 Å². The summed E-state index contributed by atoms with van der Waals surface area (Å²) in [7, 11) is 0. The Morgan fingerprint density at radius 3 is 2.47 bits per heavy atom. The van der Waals surface area contributed by atoms with Crippen molar-refractivity contribution in [3.05, 3.63) is 33.3 Å². The van der Waals surface area contributed by atoms with Crippen LogP contribution in [-0.4, -0.2) is 0 Å². The molecule has 2 rings (SSSR count). The Morgan fingerprint density at radius 1 is 1.11 bits per heavy atom. The maximum atomic E-state index is 3.91. The highest BCUT2D eigenvalue weighted by Crippen LogP contribution is 2.36. The third-order valence-electron chi connectivity index (χ3n) is 4.44. The fourth-order valence-corrected chi connectivity index (χ4v) is 4.37. The van der Waals surface area contributed by atoms with Crippen LogP contribution in [0, 0.1) is 19.8 Å². The lowest BCUT2D eigenvalue weighted by atomic mass is 9.85. The second-order valence-corrected chi connectivity index (χ2v) is 7.97. The molecule has 1 fully saturated rings. The van der Waals surface area contributed by atoms with Crippen molar-refractivity contribution in [2.24, 2.45) is 5.92 Å². The molecule has 0 aliphatic heterocycles. The highest BCUT2D eigenvalue weighted by molar-refractivity contribution is 9.10. The van der Waals surface area contributed by atoms with Crippen molar-refractivity contribution in [2.75, 3.05) is 0 Å². The van der Waals surface area contributed by atoms with Crippen molar-refractivity contribution in [1.29, 1.82) is 0 Å². The van der Waals surface area contributed by atoms with E-state index in [2.05, 4.69) is 57.8 Å². The van der Waals surface area contributed by atoms with E-state index in [1.807, 2.05) is 0 Å². The molecule has 1 aromatic rings. The van der Waals surface area contributed by atoms with Crippen molar-refractivity contribution in [3.8, 4) is 0 Å². The van der Waals surface area contributed by atoms with Crippen LogP contribution in [0.15, 0.2) is 16.6 Å². The second kappa shape index (κ2) is 7.26. The zero-order valence-electron chi connectivity index (χ0n) is 12.0. The first-order valence-electron chi connectivity index (χ1n) is 7.48. The Balaban J connectivity index is 1.95. The highest BCUT2D eigenvalue weighted by Gasteiger charge is 2.17. The van der Waals surface area contributed by atoms with Gasteiger partial charge in [-0.3, -0.25) is 0 Å². The minimum Gasteiger partial charge on any atom is -0.0839 e. The summed E-state index contributed by atoms with van der Waals surface area (Å²) in [4.78, 5) is 0.515. The van der Waals surface area contributed by atoms with E-state index in [0.29, 0.717) is 4.83 Å². The molecule has 0 N–H and O–H groups in total. The second-order valence-electron chi connectivity index (χ2n) is 6.01. The Morgan fingerprint density at radius 2 is 1.79 bits per heavy atom. The van der Waals surface area contributed by atoms with Gasteiger partial charge in [0.2, 0.25) is 0 Å². The summed E-state index contributed by atoms with van der Waals surface area (Å²) in [5.41, 5.74) is 4.20. The van der Waals surface area contributed by atoms with E-state index in [4.69, 9.17) is 0 Å². The first kappa shape index (κ1) is 15.6. The molecule has 106 valence electrons. The van der Waals surface area contributed by atoms with Crippen LogP contribution in [0.25, 0.3) is 0 Å². The number of benzene rings is 1. The molecule has 1 aliphatic carbocycles. The predicted octanol–water partition coefficient (Wildman–Crippen LogP) is 6.86. The number of hydrogen-bond donors (Lipinski definition) is 0. The molecule has 1 unspecified atom stereocenters. The van der Waals surface area contributed by atoms with Crippen molar-refractivity contribution >= 4 is 31.9 Å². The van der Waals surface area contributed by atoms with Crippen LogP contribution in [0.2, 0.25) is 0 Å². The van der Waals surface area contributed by atoms with E-state index in [0.717, 1.165) is 5.92 Å². The van der Waals surface area contributed by atoms with Gasteiger partial charge in [-0.2, -0.15) is 0 Å². The summed E-state index contributed by atoms with van der Waals surface area (Å²) in [5.74, 6) is 0.977. The third-order valence-corrected chi connectivity index (χ3v) is 6.24. The van der Waals surface area contributed by atoms with Gasteiger partial charge < -0.3 is 0 Å². The molecule has 0 heterocycles. The summed E-state index contributed by atoms with van der Waals surface area (Å²) in [6, 6.07) is 4.58. The molecule has 0 saturated heterocycles. The van der Waals surface area contributed by atoms with Gasteiger partial charge >= 0.3 is 0 Å². The average molecular weight is 388 g/mol. The van der Waals surface area contributed by atoms with E-state index in [1.54, 1.807) is 0 Å². The molecular weight excluding hydrogens is 364 g/mol. The Labute approximate surface area is 134 Å². The normalized spacial score (nSPS) is 18.5. The Hall–Kier alpha value is 0.180. The van der Waals surface area contributed by atoms with E-state index in [1.165, 1.54) is 66.1 Å². The van der Waals surface area contributed by atoms with Crippen LogP contribution in [0.3, 0.4) is 0 Å². The molecule has 0 amide bonds. The van der Waals surface area contributed by atoms with Gasteiger partial charge in [-0.15, -0.1) is 0 Å². The lowest BCUT2D eigenvalue weighted by Gasteiger charge is -2.23. The lowest BCUT2D eigenvalue weighted by molar-refractivity contribution is 0.332. The fraction of sp³-hybridized carbons (Fsp3) is 0.647. The minimum atomic E-state index is 0.515. The molecule has 1 aromatic carbocycles. The topological polar surface area (TPSA) is 0 Å². The molecule has 1 aliphatic rings. The van der Waals surface area contributed by atoms with E-state index < -0.39 is 0 Å². The zero-order chi connectivity index (χ0) is 13.8. The predicted molar refractivity (Wildman–Crippen MR) is 91.1 cm³/mol. The van der Waals surface area contributed by atoms with E-state index in [-0.39, 0.29) is 0 Å². The molecule has 0 radical (unpaired) electrons. The minimum absolute atomic E-state index is 0.515. The Kier molecular flexibility index (Phi) is 5.95. The summed E-state index contributed by atoms with van der Waals surface area (Å²) in [6.07, 6.45) is 9.93. The monoisotopic (exact) mass is 386 g/mol. The van der Waals surface area contributed by atoms with Gasteiger partial charge in [0.15, 0.2) is 0 Å². The van der Waals surface area contributed by atoms with Crippen LogP contribution in [-0.2, 0) is 0 Å². The molecule has 0 spiro atoms. The third kappa shape index (κ3) is 4.32. The summed E-state index contributed by atoms with van der Waals surface area (Å²) in [5, 5.41) is 0. The molecule has 19 heavy (non-hydrogen) atoms. The van der Waals surface area contributed by atoms with Gasteiger partial charge in [-0.25, -0.2) is 0 Å². The lowest BCUT2D eigenvalue weighted by Crippen LogP contribution is -2.07. The number of hydrogen-bond acceptors (Lipinski definition) is 0. The van der Waals surface area contributed by atoms with Gasteiger partial charge in [0.05, 0.1) is 0 Å². The van der Waals surface area contributed by atoms with Crippen molar-refractivity contribution in [1.82, 2.24) is 0 Å². The largest absolute Gasteiger partial charge is 0.0839 e. The van der Waals surface area contributed by atoms with Gasteiger partial charge in [-0.1, -0.05) is 70.0 Å².